The second-order valence-electron chi connectivity index (χ2n) is 8.42. The van der Waals surface area contributed by atoms with Crippen molar-refractivity contribution in [1.29, 1.82) is 0 Å². The highest BCUT2D eigenvalue weighted by atomic mass is 16.3. The fraction of sp³-hybridized carbons (Fsp3) is 0.632. The van der Waals surface area contributed by atoms with Gasteiger partial charge in [0.25, 0.3) is 0 Å². The summed E-state index contributed by atoms with van der Waals surface area (Å²) in [5.74, 6) is 0.127. The van der Waals surface area contributed by atoms with Gasteiger partial charge in [0.1, 0.15) is 11.3 Å². The van der Waals surface area contributed by atoms with Gasteiger partial charge in [-0.1, -0.05) is 47.6 Å². The van der Waals surface area contributed by atoms with Crippen LogP contribution >= 0.6 is 0 Å². The second kappa shape index (κ2) is 7.21. The summed E-state index contributed by atoms with van der Waals surface area (Å²) in [5.41, 5.74) is 0.640. The average molecular weight is 337 g/mol. The number of nitrogens with zero attached hydrogens (tertiary/aromatic N) is 1. The van der Waals surface area contributed by atoms with Crippen LogP contribution in [0.1, 0.15) is 58.2 Å². The highest BCUT2D eigenvalue weighted by Crippen LogP contribution is 2.37. The maximum Gasteiger partial charge on any atom is 0.129 e. The minimum absolute atomic E-state index is 0.113. The molecule has 5 heteroatoms. The number of phenols is 1. The van der Waals surface area contributed by atoms with Crippen LogP contribution in [0.3, 0.4) is 0 Å². The van der Waals surface area contributed by atoms with Crippen LogP contribution in [-0.4, -0.2) is 52.0 Å². The first kappa shape index (κ1) is 20.6. The molecule has 24 heavy (non-hydrogen) atoms. The molecular weight excluding hydrogens is 306 g/mol. The molecule has 0 aliphatic heterocycles. The lowest BCUT2D eigenvalue weighted by molar-refractivity contribution is 0.0718. The van der Waals surface area contributed by atoms with Gasteiger partial charge >= 0.3 is 0 Å². The van der Waals surface area contributed by atoms with E-state index in [4.69, 9.17) is 0 Å². The van der Waals surface area contributed by atoms with E-state index in [0.717, 1.165) is 11.1 Å². The van der Waals surface area contributed by atoms with E-state index in [0.29, 0.717) is 5.56 Å². The van der Waals surface area contributed by atoms with Crippen molar-refractivity contribution in [2.75, 3.05) is 19.8 Å². The van der Waals surface area contributed by atoms with E-state index >= 15 is 0 Å². The number of aliphatic hydroxyl groups excluding tert-OH is 3. The zero-order chi connectivity index (χ0) is 18.8. The molecular formula is C19H31NO4. The lowest BCUT2D eigenvalue weighted by Crippen LogP contribution is -2.39. The Morgan fingerprint density at radius 1 is 0.875 bits per heavy atom. The quantitative estimate of drug-likeness (QED) is 0.619. The van der Waals surface area contributed by atoms with Crippen LogP contribution in [0.5, 0.6) is 5.75 Å². The summed E-state index contributed by atoms with van der Waals surface area (Å²) in [6, 6.07) is 3.86. The molecule has 0 aliphatic carbocycles. The molecule has 0 amide bonds. The minimum atomic E-state index is -1.36. The molecule has 0 saturated heterocycles. The Balaban J connectivity index is 3.53. The van der Waals surface area contributed by atoms with Crippen molar-refractivity contribution in [2.45, 2.75) is 57.9 Å². The molecule has 0 heterocycles. The maximum absolute atomic E-state index is 10.7. The number of phenolic OH excluding ortho intramolecular Hbond substituents is 1. The molecule has 4 N–H and O–H groups in total. The third-order valence-corrected chi connectivity index (χ3v) is 4.17. The van der Waals surface area contributed by atoms with Crippen LogP contribution in [0, 0.1) is 0 Å². The molecule has 0 unspecified atom stereocenters. The number of hydrogen-bond acceptors (Lipinski definition) is 5. The van der Waals surface area contributed by atoms with Gasteiger partial charge in [0.05, 0.1) is 19.8 Å². The van der Waals surface area contributed by atoms with E-state index in [2.05, 4.69) is 25.8 Å². The smallest absolute Gasteiger partial charge is 0.129 e. The van der Waals surface area contributed by atoms with E-state index in [1.54, 1.807) is 0 Å². The summed E-state index contributed by atoms with van der Waals surface area (Å²) in [5, 5.41) is 38.8. The van der Waals surface area contributed by atoms with Crippen LogP contribution < -0.4 is 0 Å². The van der Waals surface area contributed by atoms with Crippen molar-refractivity contribution in [3.05, 3.63) is 28.8 Å². The summed E-state index contributed by atoms with van der Waals surface area (Å²) in [4.78, 5) is 4.15. The van der Waals surface area contributed by atoms with Gasteiger partial charge in [-0.15, -0.1) is 0 Å². The molecule has 0 radical (unpaired) electrons. The molecule has 0 bridgehead atoms. The molecule has 0 aliphatic rings. The van der Waals surface area contributed by atoms with E-state index < -0.39 is 25.4 Å². The van der Waals surface area contributed by atoms with E-state index in [-0.39, 0.29) is 16.6 Å². The van der Waals surface area contributed by atoms with Crippen LogP contribution in [0.2, 0.25) is 0 Å². The Labute approximate surface area is 144 Å². The monoisotopic (exact) mass is 337 g/mol. The first-order chi connectivity index (χ1) is 10.9. The highest BCUT2D eigenvalue weighted by molar-refractivity contribution is 5.85. The van der Waals surface area contributed by atoms with Gasteiger partial charge in [0, 0.05) is 17.3 Å². The Morgan fingerprint density at radius 3 is 1.75 bits per heavy atom. The van der Waals surface area contributed by atoms with Crippen molar-refractivity contribution in [3.63, 3.8) is 0 Å². The van der Waals surface area contributed by atoms with E-state index in [1.165, 1.54) is 6.21 Å². The molecule has 1 rings (SSSR count). The molecule has 0 saturated carbocycles. The van der Waals surface area contributed by atoms with Crippen LogP contribution in [-0.2, 0) is 10.8 Å². The predicted octanol–water partition coefficient (Wildman–Crippen LogP) is 2.12. The average Bonchev–Trinajstić information content (AvgIpc) is 2.48. The zero-order valence-corrected chi connectivity index (χ0v) is 15.6. The normalized spacial score (nSPS) is 13.7. The minimum Gasteiger partial charge on any atom is -0.507 e. The summed E-state index contributed by atoms with van der Waals surface area (Å²) >= 11 is 0. The molecule has 0 atom stereocenters. The van der Waals surface area contributed by atoms with E-state index in [1.807, 2.05) is 32.9 Å². The Kier molecular flexibility index (Phi) is 6.20. The number of rotatable bonds is 5. The lowest BCUT2D eigenvalue weighted by Gasteiger charge is -2.27. The second-order valence-corrected chi connectivity index (χ2v) is 8.42. The fourth-order valence-electron chi connectivity index (χ4n) is 2.24. The summed E-state index contributed by atoms with van der Waals surface area (Å²) in [6.45, 7) is 10.9. The predicted molar refractivity (Wildman–Crippen MR) is 97.1 cm³/mol. The first-order valence-electron chi connectivity index (χ1n) is 8.16. The van der Waals surface area contributed by atoms with E-state index in [9.17, 15) is 20.4 Å². The van der Waals surface area contributed by atoms with Crippen LogP contribution in [0.25, 0.3) is 0 Å². The van der Waals surface area contributed by atoms with Gasteiger partial charge in [-0.3, -0.25) is 4.99 Å². The SMILES string of the molecule is CC(C)(C)c1cc(C=NC(CO)(CO)CO)c(O)c(C(C)(C)C)c1. The van der Waals surface area contributed by atoms with Crippen LogP contribution in [0.15, 0.2) is 17.1 Å². The largest absolute Gasteiger partial charge is 0.507 e. The number of aliphatic imine (C=N–C) groups is 1. The number of hydrogen-bond donors (Lipinski definition) is 4. The van der Waals surface area contributed by atoms with Crippen molar-refractivity contribution in [3.8, 4) is 5.75 Å². The molecule has 1 aromatic carbocycles. The van der Waals surface area contributed by atoms with Gasteiger partial charge in [-0.05, 0) is 22.5 Å². The Hall–Kier alpha value is -1.43. The summed E-state index contributed by atoms with van der Waals surface area (Å²) in [6.07, 6.45) is 1.42. The van der Waals surface area contributed by atoms with Gasteiger partial charge in [-0.2, -0.15) is 0 Å². The molecule has 0 fully saturated rings. The van der Waals surface area contributed by atoms with Gasteiger partial charge < -0.3 is 20.4 Å². The third-order valence-electron chi connectivity index (χ3n) is 4.17. The van der Waals surface area contributed by atoms with Gasteiger partial charge in [0.2, 0.25) is 0 Å². The summed E-state index contributed by atoms with van der Waals surface area (Å²) < 4.78 is 0. The Bertz CT molecular complexity index is 582. The topological polar surface area (TPSA) is 93.3 Å². The van der Waals surface area contributed by atoms with Crippen molar-refractivity contribution in [2.24, 2.45) is 4.99 Å². The highest BCUT2D eigenvalue weighted by Gasteiger charge is 2.28. The number of aromatic hydroxyl groups is 1. The Morgan fingerprint density at radius 2 is 1.38 bits per heavy atom. The van der Waals surface area contributed by atoms with Gasteiger partial charge in [0.15, 0.2) is 0 Å². The molecule has 0 aromatic heterocycles. The first-order valence-corrected chi connectivity index (χ1v) is 8.16. The maximum atomic E-state index is 10.7. The van der Waals surface area contributed by atoms with Gasteiger partial charge in [-0.25, -0.2) is 0 Å². The zero-order valence-electron chi connectivity index (χ0n) is 15.6. The lowest BCUT2D eigenvalue weighted by atomic mass is 9.79. The standard InChI is InChI=1S/C19H31NO4/c1-17(2,3)14-7-13(9-20-19(10-21,11-22)12-23)16(24)15(8-14)18(4,5)6/h7-9,21-24H,10-12H2,1-6H3. The summed E-state index contributed by atoms with van der Waals surface area (Å²) in [7, 11) is 0. The number of benzene rings is 1. The molecule has 0 spiro atoms. The van der Waals surface area contributed by atoms with Crippen molar-refractivity contribution < 1.29 is 20.4 Å². The number of aliphatic hydroxyl groups is 3. The fourth-order valence-corrected chi connectivity index (χ4v) is 2.24. The van der Waals surface area contributed by atoms with Crippen molar-refractivity contribution in [1.82, 2.24) is 0 Å². The van der Waals surface area contributed by atoms with Crippen molar-refractivity contribution >= 4 is 6.21 Å². The molecule has 5 nitrogen and oxygen atoms in total. The molecule has 136 valence electrons. The molecule has 1 aromatic rings. The van der Waals surface area contributed by atoms with Crippen LogP contribution in [0.4, 0.5) is 0 Å². The third kappa shape index (κ3) is 4.56.